The summed E-state index contributed by atoms with van der Waals surface area (Å²) < 4.78 is 0. The largest absolute Gasteiger partial charge is 0.312 e. The first kappa shape index (κ1) is 18.4. The monoisotopic (exact) mass is 322 g/mol. The molecule has 0 aliphatic carbocycles. The minimum atomic E-state index is 0.913. The van der Waals surface area contributed by atoms with Gasteiger partial charge in [0, 0.05) is 19.6 Å². The van der Waals surface area contributed by atoms with Crippen LogP contribution in [0.25, 0.3) is 16.7 Å². The molecule has 2 aromatic rings. The number of likely N-dealkylation sites (N-methyl/N-ethyl adjacent to an activating group) is 1. The second kappa shape index (κ2) is 10.1. The summed E-state index contributed by atoms with van der Waals surface area (Å²) in [7, 11) is 0. The van der Waals surface area contributed by atoms with Crippen LogP contribution in [0.5, 0.6) is 0 Å². The second-order valence-electron chi connectivity index (χ2n) is 6.03. The third-order valence-electron chi connectivity index (χ3n) is 4.49. The van der Waals surface area contributed by atoms with Crippen molar-refractivity contribution in [2.45, 2.75) is 20.8 Å². The molecule has 0 bridgehead atoms. The Morgan fingerprint density at radius 3 is 2.33 bits per heavy atom. The number of benzene rings is 2. The van der Waals surface area contributed by atoms with Gasteiger partial charge in [0.1, 0.15) is 0 Å². The van der Waals surface area contributed by atoms with Gasteiger partial charge in [-0.1, -0.05) is 74.5 Å². The Labute approximate surface area is 147 Å². The van der Waals surface area contributed by atoms with E-state index in [1.807, 2.05) is 0 Å². The lowest BCUT2D eigenvalue weighted by molar-refractivity contribution is 0.304. The molecule has 0 aliphatic rings. The molecule has 2 rings (SSSR count). The summed E-state index contributed by atoms with van der Waals surface area (Å²) in [5.74, 6) is 0. The SMILES string of the molecule is CCN(CC)CCNCC=C(C)c1ccccc1-c1ccccc1. The van der Waals surface area contributed by atoms with Gasteiger partial charge in [-0.05, 0) is 42.3 Å². The molecule has 2 aromatic carbocycles. The van der Waals surface area contributed by atoms with E-state index in [1.54, 1.807) is 0 Å². The summed E-state index contributed by atoms with van der Waals surface area (Å²) in [6.45, 7) is 11.9. The number of allylic oxidation sites excluding steroid dienone is 1. The number of nitrogens with zero attached hydrogens (tertiary/aromatic N) is 1. The molecular weight excluding hydrogens is 292 g/mol. The number of nitrogens with one attached hydrogen (secondary N) is 1. The van der Waals surface area contributed by atoms with Crippen molar-refractivity contribution in [1.29, 1.82) is 0 Å². The predicted octanol–water partition coefficient (Wildman–Crippen LogP) is 4.69. The molecule has 0 amide bonds. The van der Waals surface area contributed by atoms with Gasteiger partial charge in [0.2, 0.25) is 0 Å². The van der Waals surface area contributed by atoms with Crippen LogP contribution >= 0.6 is 0 Å². The molecule has 0 aliphatic heterocycles. The molecule has 2 nitrogen and oxygen atoms in total. The van der Waals surface area contributed by atoms with E-state index >= 15 is 0 Å². The molecule has 0 heterocycles. The molecule has 128 valence electrons. The molecule has 0 saturated carbocycles. The standard InChI is InChI=1S/C22H30N2/c1-4-24(5-2)18-17-23-16-15-19(3)21-13-9-10-14-22(21)20-11-7-6-8-12-20/h6-15,23H,4-5,16-18H2,1-3H3. The molecule has 24 heavy (non-hydrogen) atoms. The van der Waals surface area contributed by atoms with Crippen LogP contribution in [0.1, 0.15) is 26.3 Å². The summed E-state index contributed by atoms with van der Waals surface area (Å²) in [6, 6.07) is 19.3. The number of hydrogen-bond acceptors (Lipinski definition) is 2. The Morgan fingerprint density at radius 1 is 0.958 bits per heavy atom. The van der Waals surface area contributed by atoms with E-state index in [0.717, 1.165) is 32.7 Å². The first-order chi connectivity index (χ1) is 11.8. The molecule has 1 N–H and O–H groups in total. The Kier molecular flexibility index (Phi) is 7.73. The van der Waals surface area contributed by atoms with Crippen molar-refractivity contribution in [3.8, 4) is 11.1 Å². The minimum Gasteiger partial charge on any atom is -0.312 e. The normalized spacial score (nSPS) is 11.9. The maximum atomic E-state index is 3.53. The number of hydrogen-bond donors (Lipinski definition) is 1. The summed E-state index contributed by atoms with van der Waals surface area (Å²) in [4.78, 5) is 2.44. The molecule has 0 saturated heterocycles. The lowest BCUT2D eigenvalue weighted by atomic mass is 9.95. The molecular formula is C22H30N2. The quantitative estimate of drug-likeness (QED) is 0.674. The Hall–Kier alpha value is -1.90. The van der Waals surface area contributed by atoms with Crippen molar-refractivity contribution in [3.05, 3.63) is 66.2 Å². The van der Waals surface area contributed by atoms with Crippen LogP contribution in [0.4, 0.5) is 0 Å². The molecule has 2 heteroatoms. The van der Waals surface area contributed by atoms with E-state index < -0.39 is 0 Å². The smallest absolute Gasteiger partial charge is 0.0141 e. The van der Waals surface area contributed by atoms with Gasteiger partial charge < -0.3 is 10.2 Å². The van der Waals surface area contributed by atoms with Gasteiger partial charge in [-0.15, -0.1) is 0 Å². The van der Waals surface area contributed by atoms with E-state index in [1.165, 1.54) is 22.3 Å². The first-order valence-electron chi connectivity index (χ1n) is 9.00. The van der Waals surface area contributed by atoms with Crippen molar-refractivity contribution < 1.29 is 0 Å². The van der Waals surface area contributed by atoms with Crippen molar-refractivity contribution >= 4 is 5.57 Å². The average molecular weight is 322 g/mol. The summed E-state index contributed by atoms with van der Waals surface area (Å²) in [5, 5.41) is 3.53. The zero-order chi connectivity index (χ0) is 17.2. The summed E-state index contributed by atoms with van der Waals surface area (Å²) in [6.07, 6.45) is 2.30. The maximum absolute atomic E-state index is 3.53. The highest BCUT2D eigenvalue weighted by Crippen LogP contribution is 2.28. The molecule has 0 radical (unpaired) electrons. The molecule has 0 fully saturated rings. The van der Waals surface area contributed by atoms with Crippen molar-refractivity contribution in [3.63, 3.8) is 0 Å². The zero-order valence-electron chi connectivity index (χ0n) is 15.3. The Balaban J connectivity index is 1.98. The van der Waals surface area contributed by atoms with Gasteiger partial charge in [-0.2, -0.15) is 0 Å². The Morgan fingerprint density at radius 2 is 1.62 bits per heavy atom. The van der Waals surface area contributed by atoms with Gasteiger partial charge in [0.05, 0.1) is 0 Å². The van der Waals surface area contributed by atoms with Gasteiger partial charge in [0.25, 0.3) is 0 Å². The van der Waals surface area contributed by atoms with Crippen LogP contribution in [0, 0.1) is 0 Å². The van der Waals surface area contributed by atoms with Crippen molar-refractivity contribution in [2.24, 2.45) is 0 Å². The summed E-state index contributed by atoms with van der Waals surface area (Å²) >= 11 is 0. The maximum Gasteiger partial charge on any atom is 0.0141 e. The fourth-order valence-electron chi connectivity index (χ4n) is 2.91. The van der Waals surface area contributed by atoms with Crippen LogP contribution in [0.3, 0.4) is 0 Å². The van der Waals surface area contributed by atoms with E-state index in [4.69, 9.17) is 0 Å². The third kappa shape index (κ3) is 5.33. The van der Waals surface area contributed by atoms with Crippen LogP contribution in [0.2, 0.25) is 0 Å². The second-order valence-corrected chi connectivity index (χ2v) is 6.03. The molecule has 0 unspecified atom stereocenters. The van der Waals surface area contributed by atoms with Gasteiger partial charge in [-0.3, -0.25) is 0 Å². The fraction of sp³-hybridized carbons (Fsp3) is 0.364. The van der Waals surface area contributed by atoms with Crippen LogP contribution in [-0.2, 0) is 0 Å². The van der Waals surface area contributed by atoms with E-state index in [2.05, 4.69) is 91.7 Å². The third-order valence-corrected chi connectivity index (χ3v) is 4.49. The Bertz CT molecular complexity index is 627. The fourth-order valence-corrected chi connectivity index (χ4v) is 2.91. The molecule has 0 aromatic heterocycles. The van der Waals surface area contributed by atoms with E-state index in [-0.39, 0.29) is 0 Å². The minimum absolute atomic E-state index is 0.913. The highest BCUT2D eigenvalue weighted by Gasteiger charge is 2.05. The first-order valence-corrected chi connectivity index (χ1v) is 9.00. The lowest BCUT2D eigenvalue weighted by Crippen LogP contribution is -2.31. The van der Waals surface area contributed by atoms with Crippen LogP contribution in [0.15, 0.2) is 60.7 Å². The highest BCUT2D eigenvalue weighted by molar-refractivity contribution is 5.80. The zero-order valence-corrected chi connectivity index (χ0v) is 15.3. The van der Waals surface area contributed by atoms with Crippen molar-refractivity contribution in [2.75, 3.05) is 32.7 Å². The van der Waals surface area contributed by atoms with Gasteiger partial charge in [-0.25, -0.2) is 0 Å². The highest BCUT2D eigenvalue weighted by atomic mass is 15.1. The molecule has 0 atom stereocenters. The predicted molar refractivity (Wildman–Crippen MR) is 106 cm³/mol. The summed E-state index contributed by atoms with van der Waals surface area (Å²) in [5.41, 5.74) is 5.21. The topological polar surface area (TPSA) is 15.3 Å². The van der Waals surface area contributed by atoms with Gasteiger partial charge >= 0.3 is 0 Å². The number of rotatable bonds is 9. The van der Waals surface area contributed by atoms with Gasteiger partial charge in [0.15, 0.2) is 0 Å². The van der Waals surface area contributed by atoms with E-state index in [9.17, 15) is 0 Å². The molecule has 0 spiro atoms. The average Bonchev–Trinajstić information content (AvgIpc) is 2.65. The van der Waals surface area contributed by atoms with Crippen LogP contribution < -0.4 is 5.32 Å². The van der Waals surface area contributed by atoms with Crippen LogP contribution in [-0.4, -0.2) is 37.6 Å². The van der Waals surface area contributed by atoms with E-state index in [0.29, 0.717) is 0 Å². The lowest BCUT2D eigenvalue weighted by Gasteiger charge is -2.17. The van der Waals surface area contributed by atoms with Crippen molar-refractivity contribution in [1.82, 2.24) is 10.2 Å².